The molecule has 0 saturated heterocycles. The largest absolute Gasteiger partial charge is 0.366 e. The summed E-state index contributed by atoms with van der Waals surface area (Å²) in [5.41, 5.74) is 11.8. The van der Waals surface area contributed by atoms with Gasteiger partial charge in [0.25, 0.3) is 0 Å². The maximum Gasteiger partial charge on any atom is 0.248 e. The quantitative estimate of drug-likeness (QED) is 0.653. The molecule has 1 atom stereocenters. The highest BCUT2D eigenvalue weighted by molar-refractivity contribution is 5.92. The lowest BCUT2D eigenvalue weighted by Gasteiger charge is -2.07. The van der Waals surface area contributed by atoms with Crippen LogP contribution >= 0.6 is 0 Å². The van der Waals surface area contributed by atoms with E-state index in [1.54, 1.807) is 31.2 Å². The van der Waals surface area contributed by atoms with E-state index in [-0.39, 0.29) is 5.91 Å². The maximum absolute atomic E-state index is 11.2. The molecule has 0 saturated carbocycles. The van der Waals surface area contributed by atoms with E-state index in [2.05, 4.69) is 5.32 Å². The first kappa shape index (κ1) is 12.2. The first-order valence-electron chi connectivity index (χ1n) is 4.92. The van der Waals surface area contributed by atoms with Crippen LogP contribution in [0.1, 0.15) is 22.8 Å². The standard InChI is InChI=1S/C11H15N3O2/c1-7(12)11(16)14-6-8-2-4-9(5-3-8)10(13)15/h2-5,7H,6,12H2,1H3,(H2,13,15)(H,14,16)/t7-/m1/s1. The van der Waals surface area contributed by atoms with Crippen molar-refractivity contribution in [3.05, 3.63) is 35.4 Å². The molecule has 5 N–H and O–H groups in total. The van der Waals surface area contributed by atoms with Crippen LogP contribution in [-0.2, 0) is 11.3 Å². The van der Waals surface area contributed by atoms with Crippen LogP contribution in [0.2, 0.25) is 0 Å². The summed E-state index contributed by atoms with van der Waals surface area (Å²) >= 11 is 0. The highest BCUT2D eigenvalue weighted by atomic mass is 16.2. The number of hydrogen-bond donors (Lipinski definition) is 3. The van der Waals surface area contributed by atoms with Crippen LogP contribution in [0.25, 0.3) is 0 Å². The number of nitrogens with one attached hydrogen (secondary N) is 1. The van der Waals surface area contributed by atoms with Gasteiger partial charge in [-0.25, -0.2) is 0 Å². The average Bonchev–Trinajstić information content (AvgIpc) is 2.26. The second-order valence-corrected chi connectivity index (χ2v) is 3.57. The monoisotopic (exact) mass is 221 g/mol. The number of carbonyl (C=O) groups excluding carboxylic acids is 2. The maximum atomic E-state index is 11.2. The Labute approximate surface area is 93.8 Å². The number of primary amides is 1. The molecular weight excluding hydrogens is 206 g/mol. The second-order valence-electron chi connectivity index (χ2n) is 3.57. The van der Waals surface area contributed by atoms with E-state index in [9.17, 15) is 9.59 Å². The normalized spacial score (nSPS) is 11.9. The van der Waals surface area contributed by atoms with Gasteiger partial charge >= 0.3 is 0 Å². The van der Waals surface area contributed by atoms with Crippen molar-refractivity contribution in [2.75, 3.05) is 0 Å². The molecule has 0 aliphatic rings. The first-order valence-corrected chi connectivity index (χ1v) is 4.92. The first-order chi connectivity index (χ1) is 7.50. The molecule has 5 nitrogen and oxygen atoms in total. The predicted molar refractivity (Wildman–Crippen MR) is 60.5 cm³/mol. The molecule has 86 valence electrons. The van der Waals surface area contributed by atoms with E-state index >= 15 is 0 Å². The highest BCUT2D eigenvalue weighted by Crippen LogP contribution is 2.03. The Morgan fingerprint density at radius 2 is 1.88 bits per heavy atom. The van der Waals surface area contributed by atoms with Gasteiger partial charge in [0, 0.05) is 12.1 Å². The fourth-order valence-electron chi connectivity index (χ4n) is 1.14. The van der Waals surface area contributed by atoms with Gasteiger partial charge < -0.3 is 16.8 Å². The molecule has 1 aromatic carbocycles. The molecule has 0 aromatic heterocycles. The second kappa shape index (κ2) is 5.27. The fourth-order valence-corrected chi connectivity index (χ4v) is 1.14. The van der Waals surface area contributed by atoms with Gasteiger partial charge in [-0.3, -0.25) is 9.59 Å². The summed E-state index contributed by atoms with van der Waals surface area (Å²) in [6.07, 6.45) is 0. The summed E-state index contributed by atoms with van der Waals surface area (Å²) in [6, 6.07) is 6.19. The molecule has 1 aromatic rings. The Hall–Kier alpha value is -1.88. The van der Waals surface area contributed by atoms with Crippen LogP contribution in [0.5, 0.6) is 0 Å². The van der Waals surface area contributed by atoms with Crippen LogP contribution in [0, 0.1) is 0 Å². The van der Waals surface area contributed by atoms with E-state index < -0.39 is 11.9 Å². The van der Waals surface area contributed by atoms with Crippen LogP contribution in [0.4, 0.5) is 0 Å². The van der Waals surface area contributed by atoms with Crippen molar-refractivity contribution in [2.45, 2.75) is 19.5 Å². The lowest BCUT2D eigenvalue weighted by atomic mass is 10.1. The average molecular weight is 221 g/mol. The van der Waals surface area contributed by atoms with E-state index in [0.29, 0.717) is 12.1 Å². The Morgan fingerprint density at radius 1 is 1.31 bits per heavy atom. The van der Waals surface area contributed by atoms with Gasteiger partial charge in [0.05, 0.1) is 6.04 Å². The van der Waals surface area contributed by atoms with E-state index in [1.807, 2.05) is 0 Å². The summed E-state index contributed by atoms with van der Waals surface area (Å²) in [4.78, 5) is 22.0. The zero-order chi connectivity index (χ0) is 12.1. The number of hydrogen-bond acceptors (Lipinski definition) is 3. The van der Waals surface area contributed by atoms with Gasteiger partial charge in [0.1, 0.15) is 0 Å². The predicted octanol–water partition coefficient (Wildman–Crippen LogP) is -0.251. The van der Waals surface area contributed by atoms with Crippen molar-refractivity contribution >= 4 is 11.8 Å². The van der Waals surface area contributed by atoms with Gasteiger partial charge in [0.2, 0.25) is 11.8 Å². The third-order valence-electron chi connectivity index (χ3n) is 2.12. The van der Waals surface area contributed by atoms with Crippen molar-refractivity contribution in [3.8, 4) is 0 Å². The molecule has 0 radical (unpaired) electrons. The number of nitrogens with two attached hydrogens (primary N) is 2. The molecule has 0 unspecified atom stereocenters. The Balaban J connectivity index is 2.56. The van der Waals surface area contributed by atoms with Gasteiger partial charge in [-0.05, 0) is 24.6 Å². The highest BCUT2D eigenvalue weighted by Gasteiger charge is 2.06. The molecule has 5 heteroatoms. The lowest BCUT2D eigenvalue weighted by molar-refractivity contribution is -0.122. The zero-order valence-corrected chi connectivity index (χ0v) is 9.07. The Bertz CT molecular complexity index is 385. The molecule has 2 amide bonds. The zero-order valence-electron chi connectivity index (χ0n) is 9.07. The molecule has 1 rings (SSSR count). The molecular formula is C11H15N3O2. The van der Waals surface area contributed by atoms with Crippen molar-refractivity contribution in [1.29, 1.82) is 0 Å². The lowest BCUT2D eigenvalue weighted by Crippen LogP contribution is -2.37. The fraction of sp³-hybridized carbons (Fsp3) is 0.273. The molecule has 0 bridgehead atoms. The summed E-state index contributed by atoms with van der Waals surface area (Å²) in [7, 11) is 0. The van der Waals surface area contributed by atoms with E-state index in [0.717, 1.165) is 5.56 Å². The van der Waals surface area contributed by atoms with Crippen molar-refractivity contribution in [3.63, 3.8) is 0 Å². The van der Waals surface area contributed by atoms with Gasteiger partial charge in [-0.1, -0.05) is 12.1 Å². The van der Waals surface area contributed by atoms with Crippen LogP contribution in [-0.4, -0.2) is 17.9 Å². The van der Waals surface area contributed by atoms with Gasteiger partial charge in [-0.15, -0.1) is 0 Å². The Morgan fingerprint density at radius 3 is 2.31 bits per heavy atom. The third-order valence-corrected chi connectivity index (χ3v) is 2.12. The SMILES string of the molecule is C[C@@H](N)C(=O)NCc1ccc(C(N)=O)cc1. The summed E-state index contributed by atoms with van der Waals surface area (Å²) in [5, 5.41) is 2.67. The number of amides is 2. The molecule has 0 aliphatic carbocycles. The van der Waals surface area contributed by atoms with Gasteiger partial charge in [-0.2, -0.15) is 0 Å². The van der Waals surface area contributed by atoms with Crippen molar-refractivity contribution in [1.82, 2.24) is 5.32 Å². The molecule has 0 heterocycles. The Kier molecular flexibility index (Phi) is 4.02. The minimum Gasteiger partial charge on any atom is -0.366 e. The summed E-state index contributed by atoms with van der Waals surface area (Å²) < 4.78 is 0. The molecule has 0 aliphatic heterocycles. The van der Waals surface area contributed by atoms with Crippen LogP contribution in [0.15, 0.2) is 24.3 Å². The topological polar surface area (TPSA) is 98.2 Å². The smallest absolute Gasteiger partial charge is 0.248 e. The van der Waals surface area contributed by atoms with E-state index in [4.69, 9.17) is 11.5 Å². The molecule has 0 fully saturated rings. The minimum atomic E-state index is -0.523. The molecule has 0 spiro atoms. The summed E-state index contributed by atoms with van der Waals surface area (Å²) in [6.45, 7) is 2.00. The van der Waals surface area contributed by atoms with Crippen LogP contribution < -0.4 is 16.8 Å². The van der Waals surface area contributed by atoms with E-state index in [1.165, 1.54) is 0 Å². The summed E-state index contributed by atoms with van der Waals surface area (Å²) in [5.74, 6) is -0.676. The number of carbonyl (C=O) groups is 2. The molecule has 16 heavy (non-hydrogen) atoms. The van der Waals surface area contributed by atoms with Crippen molar-refractivity contribution < 1.29 is 9.59 Å². The number of rotatable bonds is 4. The number of benzene rings is 1. The third kappa shape index (κ3) is 3.36. The minimum absolute atomic E-state index is 0.209. The van der Waals surface area contributed by atoms with Gasteiger partial charge in [0.15, 0.2) is 0 Å². The van der Waals surface area contributed by atoms with Crippen molar-refractivity contribution in [2.24, 2.45) is 11.5 Å². The van der Waals surface area contributed by atoms with Crippen LogP contribution in [0.3, 0.4) is 0 Å².